The lowest BCUT2D eigenvalue weighted by molar-refractivity contribution is 0.0603. The molecule has 6 heteroatoms. The van der Waals surface area contributed by atoms with Gasteiger partial charge in [-0.2, -0.15) is 5.10 Å². The van der Waals surface area contributed by atoms with Crippen molar-refractivity contribution < 1.29 is 9.53 Å². The van der Waals surface area contributed by atoms with Gasteiger partial charge >= 0.3 is 0 Å². The normalized spacial score (nSPS) is 16.2. The molecule has 0 aromatic carbocycles. The van der Waals surface area contributed by atoms with Crippen LogP contribution in [0.5, 0.6) is 0 Å². The Morgan fingerprint density at radius 2 is 2.32 bits per heavy atom. The smallest absolute Gasteiger partial charge is 0.272 e. The van der Waals surface area contributed by atoms with Crippen LogP contribution in [0, 0.1) is 5.92 Å². The minimum Gasteiger partial charge on any atom is -0.379 e. The molecule has 2 rings (SSSR count). The molecule has 1 aromatic heterocycles. The summed E-state index contributed by atoms with van der Waals surface area (Å²) in [6.07, 6.45) is 0.916. The molecular formula is C13H22N4O2. The van der Waals surface area contributed by atoms with Crippen molar-refractivity contribution in [3.05, 3.63) is 17.0 Å². The van der Waals surface area contributed by atoms with Crippen LogP contribution in [0.1, 0.15) is 35.6 Å². The molecule has 0 spiro atoms. The number of carbonyl (C=O) groups is 1. The summed E-state index contributed by atoms with van der Waals surface area (Å²) in [5.41, 5.74) is 2.55. The highest BCUT2D eigenvalue weighted by atomic mass is 16.5. The highest BCUT2D eigenvalue weighted by Crippen LogP contribution is 2.15. The molecule has 1 atom stereocenters. The fourth-order valence-electron chi connectivity index (χ4n) is 2.28. The summed E-state index contributed by atoms with van der Waals surface area (Å²) in [6.45, 7) is 6.27. The van der Waals surface area contributed by atoms with Crippen molar-refractivity contribution in [2.24, 2.45) is 5.92 Å². The summed E-state index contributed by atoms with van der Waals surface area (Å²) in [5.74, 6) is 0.226. The molecule has 1 aliphatic rings. The maximum absolute atomic E-state index is 12.1. The molecule has 3 N–H and O–H groups in total. The van der Waals surface area contributed by atoms with Crippen molar-refractivity contribution in [3.63, 3.8) is 0 Å². The van der Waals surface area contributed by atoms with Crippen molar-refractivity contribution in [1.29, 1.82) is 0 Å². The first-order valence-corrected chi connectivity index (χ1v) is 6.71. The Hall–Kier alpha value is -1.40. The zero-order valence-corrected chi connectivity index (χ0v) is 11.7. The van der Waals surface area contributed by atoms with Crippen LogP contribution >= 0.6 is 0 Å². The summed E-state index contributed by atoms with van der Waals surface area (Å²) in [7, 11) is 1.66. The SMILES string of the molecule is COC(CNC(=O)c1n[nH]c2c1CNCC2)C(C)C. The van der Waals surface area contributed by atoms with Gasteiger partial charge in [0.05, 0.1) is 6.10 Å². The van der Waals surface area contributed by atoms with Gasteiger partial charge in [0, 0.05) is 44.4 Å². The number of hydrogen-bond donors (Lipinski definition) is 3. The van der Waals surface area contributed by atoms with E-state index in [1.54, 1.807) is 7.11 Å². The van der Waals surface area contributed by atoms with Crippen LogP contribution in [-0.4, -0.2) is 42.4 Å². The van der Waals surface area contributed by atoms with E-state index in [2.05, 4.69) is 34.7 Å². The Labute approximate surface area is 113 Å². The van der Waals surface area contributed by atoms with Crippen LogP contribution in [0.25, 0.3) is 0 Å². The van der Waals surface area contributed by atoms with E-state index >= 15 is 0 Å². The summed E-state index contributed by atoms with van der Waals surface area (Å²) in [5, 5.41) is 13.2. The van der Waals surface area contributed by atoms with Gasteiger partial charge in [-0.3, -0.25) is 9.89 Å². The van der Waals surface area contributed by atoms with Crippen molar-refractivity contribution in [2.75, 3.05) is 20.2 Å². The van der Waals surface area contributed by atoms with E-state index in [-0.39, 0.29) is 12.0 Å². The Kier molecular flexibility index (Phi) is 4.55. The zero-order valence-electron chi connectivity index (χ0n) is 11.7. The van der Waals surface area contributed by atoms with Gasteiger partial charge in [0.25, 0.3) is 5.91 Å². The molecule has 106 valence electrons. The number of hydrogen-bond acceptors (Lipinski definition) is 4. The second-order valence-corrected chi connectivity index (χ2v) is 5.18. The number of fused-ring (bicyclic) bond motifs is 1. The predicted molar refractivity (Wildman–Crippen MR) is 72.0 cm³/mol. The van der Waals surface area contributed by atoms with E-state index in [1.807, 2.05) is 0 Å². The molecule has 0 radical (unpaired) electrons. The number of ether oxygens (including phenoxy) is 1. The van der Waals surface area contributed by atoms with E-state index in [1.165, 1.54) is 0 Å². The molecule has 1 aromatic rings. The molecule has 1 aliphatic heterocycles. The van der Waals surface area contributed by atoms with Crippen LogP contribution < -0.4 is 10.6 Å². The lowest BCUT2D eigenvalue weighted by Gasteiger charge is -2.19. The molecule has 6 nitrogen and oxygen atoms in total. The van der Waals surface area contributed by atoms with Crippen LogP contribution in [0.2, 0.25) is 0 Å². The maximum atomic E-state index is 12.1. The summed E-state index contributed by atoms with van der Waals surface area (Å²) in [6, 6.07) is 0. The fourth-order valence-corrected chi connectivity index (χ4v) is 2.28. The minimum atomic E-state index is -0.135. The van der Waals surface area contributed by atoms with Gasteiger partial charge < -0.3 is 15.4 Å². The van der Waals surface area contributed by atoms with Gasteiger partial charge in [-0.1, -0.05) is 13.8 Å². The monoisotopic (exact) mass is 266 g/mol. The number of amides is 1. The highest BCUT2D eigenvalue weighted by molar-refractivity contribution is 5.94. The number of aromatic amines is 1. The van der Waals surface area contributed by atoms with Crippen LogP contribution in [0.15, 0.2) is 0 Å². The van der Waals surface area contributed by atoms with Crippen molar-refractivity contribution in [3.8, 4) is 0 Å². The zero-order chi connectivity index (χ0) is 13.8. The van der Waals surface area contributed by atoms with Crippen molar-refractivity contribution in [2.45, 2.75) is 32.9 Å². The topological polar surface area (TPSA) is 79.0 Å². The summed E-state index contributed by atoms with van der Waals surface area (Å²) >= 11 is 0. The largest absolute Gasteiger partial charge is 0.379 e. The number of H-pyrrole nitrogens is 1. The molecular weight excluding hydrogens is 244 g/mol. The third-order valence-electron chi connectivity index (χ3n) is 3.53. The molecule has 0 aliphatic carbocycles. The van der Waals surface area contributed by atoms with Crippen LogP contribution in [-0.2, 0) is 17.7 Å². The van der Waals surface area contributed by atoms with Gasteiger partial charge in [0.1, 0.15) is 0 Å². The van der Waals surface area contributed by atoms with Crippen molar-refractivity contribution >= 4 is 5.91 Å². The first-order valence-electron chi connectivity index (χ1n) is 6.71. The predicted octanol–water partition coefficient (Wildman–Crippen LogP) is 0.456. The number of methoxy groups -OCH3 is 1. The van der Waals surface area contributed by atoms with E-state index in [9.17, 15) is 4.79 Å². The van der Waals surface area contributed by atoms with Gasteiger partial charge in [-0.05, 0) is 5.92 Å². The van der Waals surface area contributed by atoms with Gasteiger partial charge in [-0.25, -0.2) is 0 Å². The standard InChI is InChI=1S/C13H22N4O2/c1-8(2)11(19-3)7-15-13(18)12-9-6-14-5-4-10(9)16-17-12/h8,11,14H,4-7H2,1-3H3,(H,15,18)(H,16,17). The Bertz CT molecular complexity index is 442. The Balaban J connectivity index is 1.98. The second-order valence-electron chi connectivity index (χ2n) is 5.18. The number of rotatable bonds is 5. The average molecular weight is 266 g/mol. The second kappa shape index (κ2) is 6.16. The van der Waals surface area contributed by atoms with Crippen LogP contribution in [0.3, 0.4) is 0 Å². The van der Waals surface area contributed by atoms with E-state index in [0.717, 1.165) is 24.2 Å². The quantitative estimate of drug-likeness (QED) is 0.723. The van der Waals surface area contributed by atoms with E-state index < -0.39 is 0 Å². The Morgan fingerprint density at radius 3 is 3.00 bits per heavy atom. The van der Waals surface area contributed by atoms with Crippen LogP contribution in [0.4, 0.5) is 0 Å². The van der Waals surface area contributed by atoms with Crippen molar-refractivity contribution in [1.82, 2.24) is 20.8 Å². The number of aromatic nitrogens is 2. The Morgan fingerprint density at radius 1 is 1.53 bits per heavy atom. The molecule has 19 heavy (non-hydrogen) atoms. The number of nitrogens with one attached hydrogen (secondary N) is 3. The van der Waals surface area contributed by atoms with Gasteiger partial charge in [0.2, 0.25) is 0 Å². The molecule has 0 bridgehead atoms. The lowest BCUT2D eigenvalue weighted by Crippen LogP contribution is -2.37. The molecule has 2 heterocycles. The fraction of sp³-hybridized carbons (Fsp3) is 0.692. The molecule has 1 unspecified atom stereocenters. The number of nitrogens with zero attached hydrogens (tertiary/aromatic N) is 1. The maximum Gasteiger partial charge on any atom is 0.272 e. The first kappa shape index (κ1) is 14.0. The third kappa shape index (κ3) is 3.13. The average Bonchev–Trinajstić information content (AvgIpc) is 2.82. The lowest BCUT2D eigenvalue weighted by atomic mass is 10.1. The molecule has 0 saturated carbocycles. The van der Waals surface area contributed by atoms with E-state index in [4.69, 9.17) is 4.74 Å². The van der Waals surface area contributed by atoms with Gasteiger partial charge in [-0.15, -0.1) is 0 Å². The van der Waals surface area contributed by atoms with E-state index in [0.29, 0.717) is 24.7 Å². The molecule has 1 amide bonds. The third-order valence-corrected chi connectivity index (χ3v) is 3.53. The highest BCUT2D eigenvalue weighted by Gasteiger charge is 2.22. The molecule has 0 saturated heterocycles. The number of carbonyl (C=O) groups excluding carboxylic acids is 1. The first-order chi connectivity index (χ1) is 9.13. The van der Waals surface area contributed by atoms with Gasteiger partial charge in [0.15, 0.2) is 5.69 Å². The summed E-state index contributed by atoms with van der Waals surface area (Å²) < 4.78 is 5.34. The molecule has 0 fully saturated rings. The minimum absolute atomic E-state index is 0.0249. The summed E-state index contributed by atoms with van der Waals surface area (Å²) in [4.78, 5) is 12.1.